The number of likely N-dealkylation sites (tertiary alicyclic amines) is 1. The lowest BCUT2D eigenvalue weighted by atomic mass is 9.81. The summed E-state index contributed by atoms with van der Waals surface area (Å²) in [6.45, 7) is 6.50. The summed E-state index contributed by atoms with van der Waals surface area (Å²) in [4.78, 5) is 28.0. The number of carboxylic acids is 1. The zero-order chi connectivity index (χ0) is 19.6. The van der Waals surface area contributed by atoms with Crippen LogP contribution in [0.2, 0.25) is 0 Å². The van der Waals surface area contributed by atoms with Crippen molar-refractivity contribution in [3.05, 3.63) is 29.3 Å². The van der Waals surface area contributed by atoms with Crippen LogP contribution in [0.4, 0.5) is 0 Å². The summed E-state index contributed by atoms with van der Waals surface area (Å²) in [5, 5.41) is 9.66. The Hall–Kier alpha value is -2.08. The maximum Gasteiger partial charge on any atom is 0.311 e. The number of ether oxygens (including phenoxy) is 1. The fourth-order valence-electron chi connectivity index (χ4n) is 4.62. The first-order chi connectivity index (χ1) is 12.8. The van der Waals surface area contributed by atoms with Crippen molar-refractivity contribution in [3.63, 3.8) is 0 Å². The molecule has 27 heavy (non-hydrogen) atoms. The highest BCUT2D eigenvalue weighted by molar-refractivity contribution is 5.79. The van der Waals surface area contributed by atoms with Gasteiger partial charge in [0, 0.05) is 20.1 Å². The van der Waals surface area contributed by atoms with Gasteiger partial charge in [-0.05, 0) is 55.9 Å². The Labute approximate surface area is 161 Å². The molecule has 6 nitrogen and oxygen atoms in total. The molecule has 1 amide bonds. The van der Waals surface area contributed by atoms with Crippen LogP contribution in [-0.2, 0) is 9.59 Å². The van der Waals surface area contributed by atoms with Gasteiger partial charge >= 0.3 is 5.97 Å². The van der Waals surface area contributed by atoms with Crippen molar-refractivity contribution in [3.8, 4) is 5.75 Å². The lowest BCUT2D eigenvalue weighted by Gasteiger charge is -2.24. The Kier molecular flexibility index (Phi) is 5.75. The molecule has 1 aliphatic carbocycles. The first-order valence-electron chi connectivity index (χ1n) is 9.71. The van der Waals surface area contributed by atoms with Crippen LogP contribution in [0.25, 0.3) is 0 Å². The Morgan fingerprint density at radius 1 is 1.30 bits per heavy atom. The summed E-state index contributed by atoms with van der Waals surface area (Å²) in [6, 6.07) is 6.07. The number of likely N-dealkylation sites (N-methyl/N-ethyl adjacent to an activating group) is 1. The van der Waals surface area contributed by atoms with Gasteiger partial charge in [0.2, 0.25) is 5.91 Å². The summed E-state index contributed by atoms with van der Waals surface area (Å²) in [5.74, 6) is 0.319. The lowest BCUT2D eigenvalue weighted by Crippen LogP contribution is -2.41. The first kappa shape index (κ1) is 19.7. The predicted octanol–water partition coefficient (Wildman–Crippen LogP) is 2.33. The Morgan fingerprint density at radius 2 is 2.00 bits per heavy atom. The van der Waals surface area contributed by atoms with Crippen molar-refractivity contribution >= 4 is 11.9 Å². The van der Waals surface area contributed by atoms with E-state index < -0.39 is 11.4 Å². The maximum absolute atomic E-state index is 12.5. The van der Waals surface area contributed by atoms with Crippen LogP contribution in [0, 0.1) is 25.2 Å². The van der Waals surface area contributed by atoms with Crippen LogP contribution in [0.3, 0.4) is 0 Å². The van der Waals surface area contributed by atoms with Crippen molar-refractivity contribution in [2.45, 2.75) is 33.1 Å². The second kappa shape index (κ2) is 7.89. The number of aliphatic carboxylic acids is 1. The van der Waals surface area contributed by atoms with E-state index in [4.69, 9.17) is 4.74 Å². The number of rotatable bonds is 7. The molecular formula is C21H30N2O4. The molecule has 6 heteroatoms. The van der Waals surface area contributed by atoms with E-state index in [9.17, 15) is 14.7 Å². The lowest BCUT2D eigenvalue weighted by molar-refractivity contribution is -0.149. The summed E-state index contributed by atoms with van der Waals surface area (Å²) < 4.78 is 5.78. The van der Waals surface area contributed by atoms with Gasteiger partial charge in [0.05, 0.1) is 18.5 Å². The molecule has 1 N–H and O–H groups in total. The minimum absolute atomic E-state index is 0.0135. The van der Waals surface area contributed by atoms with Crippen LogP contribution in [0.15, 0.2) is 18.2 Å². The third kappa shape index (κ3) is 4.26. The van der Waals surface area contributed by atoms with Gasteiger partial charge < -0.3 is 14.7 Å². The Balaban J connectivity index is 1.46. The SMILES string of the molecule is Cc1cc(C)cc(OCCN(C)C(=O)CN2C[C@@H]3CCC[C@@]3(C(=O)O)C2)c1. The second-order valence-electron chi connectivity index (χ2n) is 8.21. The predicted molar refractivity (Wildman–Crippen MR) is 103 cm³/mol. The minimum Gasteiger partial charge on any atom is -0.492 e. The fraction of sp³-hybridized carbons (Fsp3) is 0.619. The number of carbonyl (C=O) groups excluding carboxylic acids is 1. The molecule has 1 aromatic carbocycles. The highest BCUT2D eigenvalue weighted by Gasteiger charge is 2.54. The van der Waals surface area contributed by atoms with Crippen molar-refractivity contribution in [1.82, 2.24) is 9.80 Å². The standard InChI is InChI=1S/C21H30N2O4/c1-15-9-16(2)11-18(10-15)27-8-7-22(3)19(24)13-23-12-17-5-4-6-21(17,14-23)20(25)26/h9-11,17H,4-8,12-14H2,1-3H3,(H,25,26)/t17-,21+/m0/s1. The van der Waals surface area contributed by atoms with Gasteiger partial charge in [-0.1, -0.05) is 12.5 Å². The number of benzene rings is 1. The third-order valence-corrected chi connectivity index (χ3v) is 6.04. The molecule has 2 aliphatic rings. The molecule has 2 fully saturated rings. The molecule has 1 aliphatic heterocycles. The van der Waals surface area contributed by atoms with E-state index in [0.717, 1.165) is 36.1 Å². The van der Waals surface area contributed by atoms with E-state index in [0.29, 0.717) is 26.2 Å². The molecule has 0 bridgehead atoms. The largest absolute Gasteiger partial charge is 0.492 e. The van der Waals surface area contributed by atoms with Crippen LogP contribution in [-0.4, -0.2) is 66.6 Å². The van der Waals surface area contributed by atoms with Crippen LogP contribution in [0.5, 0.6) is 5.75 Å². The summed E-state index contributed by atoms with van der Waals surface area (Å²) >= 11 is 0. The molecule has 1 saturated heterocycles. The van der Waals surface area contributed by atoms with E-state index in [2.05, 4.69) is 6.07 Å². The van der Waals surface area contributed by atoms with Crippen LogP contribution in [0.1, 0.15) is 30.4 Å². The average Bonchev–Trinajstić information content (AvgIpc) is 3.11. The monoisotopic (exact) mass is 374 g/mol. The molecular weight excluding hydrogens is 344 g/mol. The average molecular weight is 374 g/mol. The number of aryl methyl sites for hydroxylation is 2. The normalized spacial score (nSPS) is 24.6. The quantitative estimate of drug-likeness (QED) is 0.793. The second-order valence-corrected chi connectivity index (χ2v) is 8.21. The number of hydrogen-bond donors (Lipinski definition) is 1. The van der Waals surface area contributed by atoms with Gasteiger partial charge in [0.25, 0.3) is 0 Å². The van der Waals surface area contributed by atoms with Crippen LogP contribution >= 0.6 is 0 Å². The molecule has 148 valence electrons. The molecule has 1 aromatic rings. The Bertz CT molecular complexity index is 700. The highest BCUT2D eigenvalue weighted by Crippen LogP contribution is 2.48. The number of carboxylic acid groups (broad SMARTS) is 1. The van der Waals surface area contributed by atoms with Gasteiger partial charge in [0.15, 0.2) is 0 Å². The third-order valence-electron chi connectivity index (χ3n) is 6.04. The number of fused-ring (bicyclic) bond motifs is 1. The van der Waals surface area contributed by atoms with Gasteiger partial charge in [-0.15, -0.1) is 0 Å². The van der Waals surface area contributed by atoms with Crippen LogP contribution < -0.4 is 4.74 Å². The number of carbonyl (C=O) groups is 2. The molecule has 1 saturated carbocycles. The molecule has 0 radical (unpaired) electrons. The van der Waals surface area contributed by atoms with Gasteiger partial charge in [0.1, 0.15) is 12.4 Å². The zero-order valence-corrected chi connectivity index (χ0v) is 16.5. The molecule has 2 atom stereocenters. The number of hydrogen-bond acceptors (Lipinski definition) is 4. The zero-order valence-electron chi connectivity index (χ0n) is 16.5. The topological polar surface area (TPSA) is 70.1 Å². The molecule has 1 heterocycles. The summed E-state index contributed by atoms with van der Waals surface area (Å²) in [7, 11) is 1.77. The Morgan fingerprint density at radius 3 is 2.63 bits per heavy atom. The number of amides is 1. The molecule has 0 unspecified atom stereocenters. The van der Waals surface area contributed by atoms with E-state index in [1.54, 1.807) is 11.9 Å². The van der Waals surface area contributed by atoms with Gasteiger partial charge in [-0.2, -0.15) is 0 Å². The molecule has 0 aromatic heterocycles. The van der Waals surface area contributed by atoms with Crippen molar-refractivity contribution in [2.75, 3.05) is 39.8 Å². The van der Waals surface area contributed by atoms with E-state index in [1.807, 2.05) is 30.9 Å². The maximum atomic E-state index is 12.5. The highest BCUT2D eigenvalue weighted by atomic mass is 16.5. The number of nitrogens with zero attached hydrogens (tertiary/aromatic N) is 2. The van der Waals surface area contributed by atoms with Crippen molar-refractivity contribution in [1.29, 1.82) is 0 Å². The van der Waals surface area contributed by atoms with Gasteiger partial charge in [-0.25, -0.2) is 0 Å². The van der Waals surface area contributed by atoms with Crippen molar-refractivity contribution in [2.24, 2.45) is 11.3 Å². The van der Waals surface area contributed by atoms with E-state index in [1.165, 1.54) is 0 Å². The first-order valence-corrected chi connectivity index (χ1v) is 9.71. The van der Waals surface area contributed by atoms with Crippen molar-refractivity contribution < 1.29 is 19.4 Å². The summed E-state index contributed by atoms with van der Waals surface area (Å²) in [5.41, 5.74) is 1.67. The van der Waals surface area contributed by atoms with E-state index >= 15 is 0 Å². The molecule has 3 rings (SSSR count). The minimum atomic E-state index is -0.699. The summed E-state index contributed by atoms with van der Waals surface area (Å²) in [6.07, 6.45) is 2.67. The molecule has 0 spiro atoms. The van der Waals surface area contributed by atoms with Gasteiger partial charge in [-0.3, -0.25) is 14.5 Å². The van der Waals surface area contributed by atoms with E-state index in [-0.39, 0.29) is 18.4 Å². The fourth-order valence-corrected chi connectivity index (χ4v) is 4.62. The smallest absolute Gasteiger partial charge is 0.311 e.